The molecule has 2 rings (SSSR count). The van der Waals surface area contributed by atoms with E-state index >= 15 is 0 Å². The second-order valence-corrected chi connectivity index (χ2v) is 5.21. The van der Waals surface area contributed by atoms with Crippen molar-refractivity contribution in [2.24, 2.45) is 0 Å². The van der Waals surface area contributed by atoms with Crippen molar-refractivity contribution >= 4 is 5.91 Å². The number of hydrogen-bond acceptors (Lipinski definition) is 2. The van der Waals surface area contributed by atoms with Gasteiger partial charge in [0, 0.05) is 5.56 Å². The fraction of sp³-hybridized carbons (Fsp3) is 0.235. The molecule has 23 heavy (non-hydrogen) atoms. The van der Waals surface area contributed by atoms with Gasteiger partial charge in [0.15, 0.2) is 11.6 Å². The molecule has 0 fully saturated rings. The highest BCUT2D eigenvalue weighted by molar-refractivity contribution is 5.77. The molecular weight excluding hydrogens is 307 g/mol. The van der Waals surface area contributed by atoms with Crippen LogP contribution in [-0.2, 0) is 4.79 Å². The molecule has 0 saturated carbocycles. The Balaban J connectivity index is 2.00. The molecule has 2 atom stereocenters. The molecule has 122 valence electrons. The molecule has 0 saturated heterocycles. The van der Waals surface area contributed by atoms with Gasteiger partial charge in [0.05, 0.1) is 18.6 Å². The Labute approximate surface area is 131 Å². The molecule has 0 bridgehead atoms. The van der Waals surface area contributed by atoms with Crippen LogP contribution in [0.1, 0.15) is 36.6 Å². The lowest BCUT2D eigenvalue weighted by molar-refractivity contribution is -0.123. The van der Waals surface area contributed by atoms with Crippen molar-refractivity contribution in [3.05, 3.63) is 71.0 Å². The predicted octanol–water partition coefficient (Wildman–Crippen LogP) is 3.40. The lowest BCUT2D eigenvalue weighted by atomic mass is 10.0. The van der Waals surface area contributed by atoms with E-state index in [1.165, 1.54) is 37.3 Å². The number of rotatable bonds is 5. The van der Waals surface area contributed by atoms with Crippen LogP contribution in [0, 0.1) is 17.5 Å². The van der Waals surface area contributed by atoms with Crippen LogP contribution in [0.25, 0.3) is 0 Å². The first-order valence-corrected chi connectivity index (χ1v) is 7.05. The number of amides is 1. The van der Waals surface area contributed by atoms with Crippen LogP contribution < -0.4 is 5.32 Å². The molecule has 0 aliphatic rings. The Bertz CT molecular complexity index is 706. The van der Waals surface area contributed by atoms with Crippen molar-refractivity contribution in [3.63, 3.8) is 0 Å². The highest BCUT2D eigenvalue weighted by atomic mass is 19.2. The number of halogens is 3. The summed E-state index contributed by atoms with van der Waals surface area (Å²) in [6.45, 7) is 1.50. The molecule has 0 heterocycles. The highest BCUT2D eigenvalue weighted by Gasteiger charge is 2.19. The minimum Gasteiger partial charge on any atom is -0.388 e. The Morgan fingerprint density at radius 3 is 2.57 bits per heavy atom. The van der Waals surface area contributed by atoms with Crippen LogP contribution >= 0.6 is 0 Å². The van der Waals surface area contributed by atoms with Crippen molar-refractivity contribution in [1.82, 2.24) is 5.32 Å². The summed E-state index contributed by atoms with van der Waals surface area (Å²) in [5.74, 6) is -3.09. The number of aliphatic hydroxyl groups excluding tert-OH is 1. The van der Waals surface area contributed by atoms with Gasteiger partial charge in [-0.05, 0) is 30.7 Å². The van der Waals surface area contributed by atoms with Gasteiger partial charge >= 0.3 is 0 Å². The second kappa shape index (κ2) is 7.28. The van der Waals surface area contributed by atoms with Gasteiger partial charge in [-0.15, -0.1) is 0 Å². The van der Waals surface area contributed by atoms with E-state index in [2.05, 4.69) is 5.32 Å². The normalized spacial score (nSPS) is 13.4. The van der Waals surface area contributed by atoms with E-state index in [4.69, 9.17) is 0 Å². The summed E-state index contributed by atoms with van der Waals surface area (Å²) in [5.41, 5.74) is 0.281. The molecular formula is C17H16F3NO2. The zero-order chi connectivity index (χ0) is 17.0. The number of aliphatic hydroxyl groups is 1. The van der Waals surface area contributed by atoms with Gasteiger partial charge in [-0.3, -0.25) is 4.79 Å². The van der Waals surface area contributed by atoms with E-state index in [-0.39, 0.29) is 17.5 Å². The van der Waals surface area contributed by atoms with Crippen molar-refractivity contribution in [2.75, 3.05) is 0 Å². The average Bonchev–Trinajstić information content (AvgIpc) is 2.49. The quantitative estimate of drug-likeness (QED) is 0.886. The molecule has 0 aliphatic carbocycles. The zero-order valence-corrected chi connectivity index (χ0v) is 12.4. The SMILES string of the molecule is CC(NC(=O)CC(O)c1cccc(F)c1)c1cccc(F)c1F. The summed E-state index contributed by atoms with van der Waals surface area (Å²) < 4.78 is 39.9. The summed E-state index contributed by atoms with van der Waals surface area (Å²) in [4.78, 5) is 11.9. The summed E-state index contributed by atoms with van der Waals surface area (Å²) in [7, 11) is 0. The monoisotopic (exact) mass is 323 g/mol. The number of hydrogen-bond donors (Lipinski definition) is 2. The van der Waals surface area contributed by atoms with Gasteiger partial charge < -0.3 is 10.4 Å². The molecule has 1 amide bonds. The maximum Gasteiger partial charge on any atom is 0.223 e. The Hall–Kier alpha value is -2.34. The van der Waals surface area contributed by atoms with E-state index in [1.54, 1.807) is 0 Å². The molecule has 2 aromatic rings. The van der Waals surface area contributed by atoms with Gasteiger partial charge in [0.2, 0.25) is 5.91 Å². The average molecular weight is 323 g/mol. The predicted molar refractivity (Wildman–Crippen MR) is 78.9 cm³/mol. The van der Waals surface area contributed by atoms with Crippen LogP contribution in [-0.4, -0.2) is 11.0 Å². The summed E-state index contributed by atoms with van der Waals surface area (Å²) in [6, 6.07) is 8.22. The molecule has 0 radical (unpaired) electrons. The standard InChI is InChI=1S/C17H16F3NO2/c1-10(13-6-3-7-14(19)17(13)20)21-16(23)9-15(22)11-4-2-5-12(18)8-11/h2-8,10,15,22H,9H2,1H3,(H,21,23). The van der Waals surface area contributed by atoms with Crippen molar-refractivity contribution in [2.45, 2.75) is 25.5 Å². The van der Waals surface area contributed by atoms with Gasteiger partial charge in [0.25, 0.3) is 0 Å². The third-order valence-electron chi connectivity index (χ3n) is 3.44. The van der Waals surface area contributed by atoms with E-state index in [1.807, 2.05) is 0 Å². The largest absolute Gasteiger partial charge is 0.388 e. The molecule has 3 nitrogen and oxygen atoms in total. The first kappa shape index (κ1) is 17.0. The fourth-order valence-corrected chi connectivity index (χ4v) is 2.24. The number of benzene rings is 2. The molecule has 2 aromatic carbocycles. The molecule has 0 aliphatic heterocycles. The first-order valence-electron chi connectivity index (χ1n) is 7.05. The van der Waals surface area contributed by atoms with Crippen LogP contribution in [0.5, 0.6) is 0 Å². The lowest BCUT2D eigenvalue weighted by Gasteiger charge is -2.17. The van der Waals surface area contributed by atoms with Gasteiger partial charge in [0.1, 0.15) is 5.82 Å². The van der Waals surface area contributed by atoms with Gasteiger partial charge in [-0.2, -0.15) is 0 Å². The Kier molecular flexibility index (Phi) is 5.39. The summed E-state index contributed by atoms with van der Waals surface area (Å²) >= 11 is 0. The minimum atomic E-state index is -1.18. The third-order valence-corrected chi connectivity index (χ3v) is 3.44. The maximum absolute atomic E-state index is 13.7. The van der Waals surface area contributed by atoms with Crippen molar-refractivity contribution < 1.29 is 23.1 Å². The maximum atomic E-state index is 13.7. The van der Waals surface area contributed by atoms with E-state index in [9.17, 15) is 23.1 Å². The number of carbonyl (C=O) groups excluding carboxylic acids is 1. The molecule has 0 aromatic heterocycles. The van der Waals surface area contributed by atoms with Crippen LogP contribution in [0.4, 0.5) is 13.2 Å². The minimum absolute atomic E-state index is 0.0126. The van der Waals surface area contributed by atoms with Crippen LogP contribution in [0.15, 0.2) is 42.5 Å². The summed E-state index contributed by atoms with van der Waals surface area (Å²) in [5, 5.41) is 12.4. The topological polar surface area (TPSA) is 49.3 Å². The van der Waals surface area contributed by atoms with E-state index in [0.29, 0.717) is 0 Å². The third kappa shape index (κ3) is 4.32. The lowest BCUT2D eigenvalue weighted by Crippen LogP contribution is -2.28. The van der Waals surface area contributed by atoms with Crippen LogP contribution in [0.2, 0.25) is 0 Å². The fourth-order valence-electron chi connectivity index (χ4n) is 2.24. The molecule has 6 heteroatoms. The Morgan fingerprint density at radius 2 is 1.87 bits per heavy atom. The molecule has 0 spiro atoms. The zero-order valence-electron chi connectivity index (χ0n) is 12.4. The van der Waals surface area contributed by atoms with Crippen molar-refractivity contribution in [3.8, 4) is 0 Å². The number of carbonyl (C=O) groups is 1. The van der Waals surface area contributed by atoms with E-state index < -0.39 is 35.5 Å². The van der Waals surface area contributed by atoms with Gasteiger partial charge in [-0.1, -0.05) is 24.3 Å². The Morgan fingerprint density at radius 1 is 1.17 bits per heavy atom. The summed E-state index contributed by atoms with van der Waals surface area (Å²) in [6.07, 6.45) is -1.50. The van der Waals surface area contributed by atoms with Crippen molar-refractivity contribution in [1.29, 1.82) is 0 Å². The van der Waals surface area contributed by atoms with Crippen LogP contribution in [0.3, 0.4) is 0 Å². The first-order chi connectivity index (χ1) is 10.9. The molecule has 2 N–H and O–H groups in total. The second-order valence-electron chi connectivity index (χ2n) is 5.21. The smallest absolute Gasteiger partial charge is 0.223 e. The van der Waals surface area contributed by atoms with Gasteiger partial charge in [-0.25, -0.2) is 13.2 Å². The van der Waals surface area contributed by atoms with E-state index in [0.717, 1.165) is 12.1 Å². The molecule has 2 unspecified atom stereocenters. The number of nitrogens with one attached hydrogen (secondary N) is 1. The highest BCUT2D eigenvalue weighted by Crippen LogP contribution is 2.21.